The monoisotopic (exact) mass is 343 g/mol. The van der Waals surface area contributed by atoms with E-state index in [0.717, 1.165) is 42.5 Å². The highest BCUT2D eigenvalue weighted by Crippen LogP contribution is 2.31. The first-order chi connectivity index (χ1) is 11.8. The van der Waals surface area contributed by atoms with Crippen molar-refractivity contribution in [1.82, 2.24) is 10.2 Å². The Morgan fingerprint density at radius 3 is 3.29 bits per heavy atom. The average molecular weight is 343 g/mol. The molecule has 0 fully saturated rings. The first-order valence-electron chi connectivity index (χ1n) is 8.45. The van der Waals surface area contributed by atoms with E-state index in [9.17, 15) is 4.79 Å². The molecule has 3 aliphatic heterocycles. The van der Waals surface area contributed by atoms with E-state index in [2.05, 4.69) is 21.3 Å². The lowest BCUT2D eigenvalue weighted by Crippen LogP contribution is -2.32. The second-order valence-electron chi connectivity index (χ2n) is 6.34. The van der Waals surface area contributed by atoms with Crippen molar-refractivity contribution >= 4 is 22.8 Å². The number of benzene rings is 1. The quantitative estimate of drug-likeness (QED) is 0.912. The largest absolute Gasteiger partial charge is 0.493 e. The molecule has 0 saturated heterocycles. The Hall–Kier alpha value is -1.95. The van der Waals surface area contributed by atoms with Crippen molar-refractivity contribution in [2.24, 2.45) is 10.9 Å². The molecular weight excluding hydrogens is 322 g/mol. The maximum Gasteiger partial charge on any atom is 0.225 e. The molecule has 1 amide bonds. The maximum absolute atomic E-state index is 12.3. The third kappa shape index (κ3) is 3.29. The van der Waals surface area contributed by atoms with Crippen LogP contribution in [0.3, 0.4) is 0 Å². The number of hydrogen-bond donors (Lipinski definition) is 1. The molecular formula is C18H21N3O2S. The summed E-state index contributed by atoms with van der Waals surface area (Å²) >= 11 is 1.62. The summed E-state index contributed by atoms with van der Waals surface area (Å²) in [5, 5.41) is 6.19. The fourth-order valence-corrected chi connectivity index (χ4v) is 4.29. The van der Waals surface area contributed by atoms with Gasteiger partial charge in [-0.3, -0.25) is 9.79 Å². The molecule has 126 valence electrons. The molecule has 1 N–H and O–H groups in total. The number of fused-ring (bicyclic) bond motifs is 2. The molecule has 0 aromatic heterocycles. The van der Waals surface area contributed by atoms with E-state index in [4.69, 9.17) is 4.74 Å². The van der Waals surface area contributed by atoms with Gasteiger partial charge in [0.15, 0.2) is 5.17 Å². The van der Waals surface area contributed by atoms with Gasteiger partial charge in [0.1, 0.15) is 5.75 Å². The number of aliphatic imine (C=N–C) groups is 1. The summed E-state index contributed by atoms with van der Waals surface area (Å²) < 4.78 is 5.80. The van der Waals surface area contributed by atoms with Gasteiger partial charge in [0.25, 0.3) is 0 Å². The van der Waals surface area contributed by atoms with Gasteiger partial charge >= 0.3 is 0 Å². The average Bonchev–Trinajstić information content (AvgIpc) is 3.13. The molecule has 4 rings (SSSR count). The molecule has 0 unspecified atom stereocenters. The highest BCUT2D eigenvalue weighted by Gasteiger charge is 2.27. The van der Waals surface area contributed by atoms with Crippen LogP contribution in [0.15, 0.2) is 40.4 Å². The summed E-state index contributed by atoms with van der Waals surface area (Å²) in [6, 6.07) is 8.19. The summed E-state index contributed by atoms with van der Waals surface area (Å²) in [6.07, 6.45) is 2.36. The number of amidine groups is 1. The van der Waals surface area contributed by atoms with Crippen LogP contribution in [0.25, 0.3) is 0 Å². The van der Waals surface area contributed by atoms with Crippen molar-refractivity contribution in [3.05, 3.63) is 40.9 Å². The summed E-state index contributed by atoms with van der Waals surface area (Å²) in [5.74, 6) is 1.50. The second kappa shape index (κ2) is 6.89. The normalized spacial score (nSPS) is 22.0. The van der Waals surface area contributed by atoms with E-state index in [1.165, 1.54) is 5.56 Å². The minimum atomic E-state index is 0.0912. The Kier molecular flexibility index (Phi) is 4.47. The lowest BCUT2D eigenvalue weighted by Gasteiger charge is -2.18. The third-order valence-corrected chi connectivity index (χ3v) is 5.59. The zero-order valence-electron chi connectivity index (χ0n) is 13.5. The number of carbonyl (C=O) groups excluding carboxylic acids is 1. The molecule has 1 atom stereocenters. The van der Waals surface area contributed by atoms with Crippen molar-refractivity contribution in [2.45, 2.75) is 19.3 Å². The number of ether oxygens (including phenoxy) is 1. The number of carbonyl (C=O) groups is 1. The number of amides is 1. The van der Waals surface area contributed by atoms with Crippen LogP contribution in [0.5, 0.6) is 5.75 Å². The van der Waals surface area contributed by atoms with Crippen molar-refractivity contribution < 1.29 is 9.53 Å². The number of nitrogens with zero attached hydrogens (tertiary/aromatic N) is 2. The summed E-state index contributed by atoms with van der Waals surface area (Å²) in [6.45, 7) is 3.16. The highest BCUT2D eigenvalue weighted by atomic mass is 32.2. The molecule has 5 nitrogen and oxygen atoms in total. The van der Waals surface area contributed by atoms with Crippen LogP contribution in [-0.2, 0) is 11.2 Å². The van der Waals surface area contributed by atoms with E-state index in [0.29, 0.717) is 25.5 Å². The van der Waals surface area contributed by atoms with Crippen molar-refractivity contribution in [2.75, 3.05) is 26.2 Å². The van der Waals surface area contributed by atoms with Gasteiger partial charge in [0.2, 0.25) is 5.91 Å². The highest BCUT2D eigenvalue weighted by molar-refractivity contribution is 8.16. The van der Waals surface area contributed by atoms with Gasteiger partial charge in [-0.25, -0.2) is 0 Å². The molecule has 0 aliphatic carbocycles. The zero-order chi connectivity index (χ0) is 16.4. The summed E-state index contributed by atoms with van der Waals surface area (Å²) in [7, 11) is 0. The number of thioether (sulfide) groups is 1. The first kappa shape index (κ1) is 15.6. The van der Waals surface area contributed by atoms with Crippen LogP contribution in [0, 0.1) is 5.92 Å². The Morgan fingerprint density at radius 1 is 1.42 bits per heavy atom. The van der Waals surface area contributed by atoms with Gasteiger partial charge in [-0.05, 0) is 35.8 Å². The predicted octanol–water partition coefficient (Wildman–Crippen LogP) is 2.39. The minimum absolute atomic E-state index is 0.0912. The topological polar surface area (TPSA) is 53.9 Å². The summed E-state index contributed by atoms with van der Waals surface area (Å²) in [5.41, 5.74) is 2.31. The molecule has 0 radical (unpaired) electrons. The number of para-hydroxylation sites is 1. The van der Waals surface area contributed by atoms with Crippen LogP contribution in [0.1, 0.15) is 18.4 Å². The molecule has 3 heterocycles. The second-order valence-corrected chi connectivity index (χ2v) is 7.18. The van der Waals surface area contributed by atoms with Gasteiger partial charge in [-0.1, -0.05) is 30.0 Å². The number of rotatable bonds is 4. The lowest BCUT2D eigenvalue weighted by molar-refractivity contribution is -0.120. The Bertz CT molecular complexity index is 701. The smallest absolute Gasteiger partial charge is 0.225 e. The molecule has 3 aliphatic rings. The summed E-state index contributed by atoms with van der Waals surface area (Å²) in [4.78, 5) is 18.9. The fourth-order valence-electron chi connectivity index (χ4n) is 3.34. The molecule has 0 spiro atoms. The fraction of sp³-hybridized carbons (Fsp3) is 0.444. The van der Waals surface area contributed by atoms with Crippen molar-refractivity contribution in [3.8, 4) is 5.75 Å². The van der Waals surface area contributed by atoms with Gasteiger partial charge in [0.05, 0.1) is 19.6 Å². The van der Waals surface area contributed by atoms with E-state index >= 15 is 0 Å². The van der Waals surface area contributed by atoms with Crippen LogP contribution in [0.2, 0.25) is 0 Å². The third-order valence-electron chi connectivity index (χ3n) is 4.64. The maximum atomic E-state index is 12.3. The number of hydrogen-bond acceptors (Lipinski definition) is 5. The van der Waals surface area contributed by atoms with Gasteiger partial charge in [-0.2, -0.15) is 0 Å². The van der Waals surface area contributed by atoms with Gasteiger partial charge < -0.3 is 15.0 Å². The molecule has 1 aromatic carbocycles. The lowest BCUT2D eigenvalue weighted by atomic mass is 9.97. The van der Waals surface area contributed by atoms with Crippen LogP contribution < -0.4 is 10.1 Å². The van der Waals surface area contributed by atoms with E-state index < -0.39 is 0 Å². The van der Waals surface area contributed by atoms with E-state index in [-0.39, 0.29) is 5.91 Å². The van der Waals surface area contributed by atoms with Crippen LogP contribution in [-0.4, -0.2) is 42.2 Å². The van der Waals surface area contributed by atoms with Crippen LogP contribution in [0.4, 0.5) is 0 Å². The first-order valence-corrected chi connectivity index (χ1v) is 9.32. The van der Waals surface area contributed by atoms with Gasteiger partial charge in [-0.15, -0.1) is 0 Å². The molecule has 0 bridgehead atoms. The SMILES string of the molecule is O=C(CC1=CSC2=NCCN12)NC[C@@H]1CCOc2ccccc2C1. The Balaban J connectivity index is 1.29. The molecule has 24 heavy (non-hydrogen) atoms. The van der Waals surface area contributed by atoms with Crippen molar-refractivity contribution in [3.63, 3.8) is 0 Å². The predicted molar refractivity (Wildman–Crippen MR) is 96.1 cm³/mol. The standard InChI is InChI=1S/C18H21N3O2S/c22-17(10-15-12-24-18-19-6-7-21(15)18)20-11-13-5-8-23-16-4-2-1-3-14(16)9-13/h1-4,12-13H,5-11H2,(H,20,22)/t13-/m1/s1. The van der Waals surface area contributed by atoms with E-state index in [1.807, 2.05) is 23.6 Å². The van der Waals surface area contributed by atoms with Gasteiger partial charge in [0, 0.05) is 18.8 Å². The number of nitrogens with one attached hydrogen (secondary N) is 1. The van der Waals surface area contributed by atoms with E-state index in [1.54, 1.807) is 11.8 Å². The molecule has 0 saturated carbocycles. The minimum Gasteiger partial charge on any atom is -0.493 e. The van der Waals surface area contributed by atoms with Crippen LogP contribution >= 0.6 is 11.8 Å². The molecule has 1 aromatic rings. The van der Waals surface area contributed by atoms with Crippen molar-refractivity contribution in [1.29, 1.82) is 0 Å². The molecule has 6 heteroatoms. The Labute approximate surface area is 146 Å². The zero-order valence-corrected chi connectivity index (χ0v) is 14.3. The Morgan fingerprint density at radius 2 is 2.33 bits per heavy atom.